The van der Waals surface area contributed by atoms with Gasteiger partial charge in [0.2, 0.25) is 5.91 Å². The third-order valence-electron chi connectivity index (χ3n) is 3.38. The summed E-state index contributed by atoms with van der Waals surface area (Å²) in [6.45, 7) is 4.48. The molecule has 2 rings (SSSR count). The second-order valence-electron chi connectivity index (χ2n) is 5.91. The maximum Gasteiger partial charge on any atom is 0.239 e. The molecule has 4 heteroatoms. The van der Waals surface area contributed by atoms with Crippen molar-refractivity contribution in [2.75, 3.05) is 13.6 Å². The Labute approximate surface area is 114 Å². The maximum absolute atomic E-state index is 12.3. The normalized spacial score (nSPS) is 18.8. The smallest absolute Gasteiger partial charge is 0.239 e. The van der Waals surface area contributed by atoms with E-state index in [1.807, 2.05) is 12.1 Å². The third-order valence-corrected chi connectivity index (χ3v) is 3.38. The number of rotatable bonds is 3. The van der Waals surface area contributed by atoms with Gasteiger partial charge in [0.15, 0.2) is 0 Å². The van der Waals surface area contributed by atoms with Crippen LogP contribution in [0.1, 0.15) is 25.0 Å². The molecule has 4 nitrogen and oxygen atoms in total. The van der Waals surface area contributed by atoms with Gasteiger partial charge in [-0.15, -0.1) is 0 Å². The minimum absolute atomic E-state index is 0.0385. The Morgan fingerprint density at radius 1 is 1.42 bits per heavy atom. The van der Waals surface area contributed by atoms with Gasteiger partial charge in [0.05, 0.1) is 11.6 Å². The topological polar surface area (TPSA) is 52.6 Å². The molecule has 0 aromatic heterocycles. The molecule has 1 atom stereocenters. The van der Waals surface area contributed by atoms with Crippen molar-refractivity contribution in [2.24, 2.45) is 0 Å². The molecular formula is C15H22N2O2. The van der Waals surface area contributed by atoms with Gasteiger partial charge in [0.1, 0.15) is 0 Å². The van der Waals surface area contributed by atoms with Gasteiger partial charge in [-0.25, -0.2) is 0 Å². The van der Waals surface area contributed by atoms with Gasteiger partial charge in [0.25, 0.3) is 0 Å². The average Bonchev–Trinajstić information content (AvgIpc) is 2.35. The van der Waals surface area contributed by atoms with Gasteiger partial charge in [-0.2, -0.15) is 0 Å². The first-order chi connectivity index (χ1) is 8.87. The molecule has 1 aromatic carbocycles. The molecule has 19 heavy (non-hydrogen) atoms. The van der Waals surface area contributed by atoms with Crippen LogP contribution in [0, 0.1) is 0 Å². The second-order valence-corrected chi connectivity index (χ2v) is 5.91. The van der Waals surface area contributed by atoms with E-state index in [9.17, 15) is 9.90 Å². The van der Waals surface area contributed by atoms with Crippen molar-refractivity contribution in [3.63, 3.8) is 0 Å². The summed E-state index contributed by atoms with van der Waals surface area (Å²) in [7, 11) is 1.74. The van der Waals surface area contributed by atoms with Crippen molar-refractivity contribution in [3.8, 4) is 0 Å². The SMILES string of the molecule is CN(CC(C)(C)O)C(=O)[C@H]1Cc2ccccc2CN1. The minimum Gasteiger partial charge on any atom is -0.389 e. The van der Waals surface area contributed by atoms with Crippen LogP contribution in [0.3, 0.4) is 0 Å². The van der Waals surface area contributed by atoms with Crippen LogP contribution in [-0.2, 0) is 17.8 Å². The van der Waals surface area contributed by atoms with Crippen LogP contribution in [0.15, 0.2) is 24.3 Å². The lowest BCUT2D eigenvalue weighted by Crippen LogP contribution is -2.51. The molecule has 1 aliphatic heterocycles. The number of nitrogens with one attached hydrogen (secondary N) is 1. The summed E-state index contributed by atoms with van der Waals surface area (Å²) in [5.41, 5.74) is 1.63. The summed E-state index contributed by atoms with van der Waals surface area (Å²) < 4.78 is 0. The van der Waals surface area contributed by atoms with Gasteiger partial charge in [-0.1, -0.05) is 24.3 Å². The van der Waals surface area contributed by atoms with E-state index in [1.54, 1.807) is 25.8 Å². The Balaban J connectivity index is 2.03. The maximum atomic E-state index is 12.3. The van der Waals surface area contributed by atoms with E-state index in [0.717, 1.165) is 6.54 Å². The monoisotopic (exact) mass is 262 g/mol. The molecule has 1 heterocycles. The Kier molecular flexibility index (Phi) is 3.92. The molecule has 104 valence electrons. The fraction of sp³-hybridized carbons (Fsp3) is 0.533. The largest absolute Gasteiger partial charge is 0.389 e. The number of hydrogen-bond donors (Lipinski definition) is 2. The molecule has 2 N–H and O–H groups in total. The standard InChI is InChI=1S/C15H22N2O2/c1-15(2,19)10-17(3)14(18)13-8-11-6-4-5-7-12(11)9-16-13/h4-7,13,16,19H,8-10H2,1-3H3/t13-/m1/s1. The van der Waals surface area contributed by atoms with Crippen LogP contribution < -0.4 is 5.32 Å². The third kappa shape index (κ3) is 3.55. The molecule has 0 spiro atoms. The summed E-state index contributed by atoms with van der Waals surface area (Å²) >= 11 is 0. The van der Waals surface area contributed by atoms with Crippen LogP contribution in [0.5, 0.6) is 0 Å². The molecule has 1 aliphatic rings. The number of carbonyl (C=O) groups excluding carboxylic acids is 1. The zero-order chi connectivity index (χ0) is 14.0. The molecule has 1 amide bonds. The van der Waals surface area contributed by atoms with Gasteiger partial charge in [0, 0.05) is 20.1 Å². The summed E-state index contributed by atoms with van der Waals surface area (Å²) in [5, 5.41) is 13.0. The highest BCUT2D eigenvalue weighted by molar-refractivity contribution is 5.82. The number of nitrogens with zero attached hydrogens (tertiary/aromatic N) is 1. The van der Waals surface area contributed by atoms with Crippen molar-refractivity contribution in [3.05, 3.63) is 35.4 Å². The molecule has 0 fully saturated rings. The summed E-state index contributed by atoms with van der Waals surface area (Å²) in [5.74, 6) is 0.0385. The number of hydrogen-bond acceptors (Lipinski definition) is 3. The number of likely N-dealkylation sites (N-methyl/N-ethyl adjacent to an activating group) is 1. The van der Waals surface area contributed by atoms with Gasteiger partial charge in [-0.3, -0.25) is 4.79 Å². The van der Waals surface area contributed by atoms with Crippen LogP contribution >= 0.6 is 0 Å². The number of aliphatic hydroxyl groups is 1. The lowest BCUT2D eigenvalue weighted by atomic mass is 9.95. The molecule has 0 saturated carbocycles. The molecule has 0 radical (unpaired) electrons. The molecular weight excluding hydrogens is 240 g/mol. The first-order valence-corrected chi connectivity index (χ1v) is 6.64. The van der Waals surface area contributed by atoms with E-state index in [0.29, 0.717) is 13.0 Å². The average molecular weight is 262 g/mol. The lowest BCUT2D eigenvalue weighted by molar-refractivity contribution is -0.135. The minimum atomic E-state index is -0.864. The van der Waals surface area contributed by atoms with E-state index < -0.39 is 5.60 Å². The summed E-state index contributed by atoms with van der Waals surface area (Å²) in [6, 6.07) is 7.99. The summed E-state index contributed by atoms with van der Waals surface area (Å²) in [6.07, 6.45) is 0.713. The first-order valence-electron chi connectivity index (χ1n) is 6.64. The van der Waals surface area contributed by atoms with E-state index in [2.05, 4.69) is 17.4 Å². The van der Waals surface area contributed by atoms with Crippen molar-refractivity contribution in [2.45, 2.75) is 38.5 Å². The predicted octanol–water partition coefficient (Wildman–Crippen LogP) is 0.930. The molecule has 0 bridgehead atoms. The highest BCUT2D eigenvalue weighted by atomic mass is 16.3. The number of carbonyl (C=O) groups is 1. The number of amides is 1. The molecule has 0 aliphatic carbocycles. The fourth-order valence-electron chi connectivity index (χ4n) is 2.55. The van der Waals surface area contributed by atoms with E-state index in [1.165, 1.54) is 11.1 Å². The van der Waals surface area contributed by atoms with Crippen molar-refractivity contribution < 1.29 is 9.90 Å². The van der Waals surface area contributed by atoms with Gasteiger partial charge in [-0.05, 0) is 31.4 Å². The van der Waals surface area contributed by atoms with Crippen LogP contribution in [-0.4, -0.2) is 41.1 Å². The molecule has 0 saturated heterocycles. The van der Waals surface area contributed by atoms with Crippen molar-refractivity contribution >= 4 is 5.91 Å². The fourth-order valence-corrected chi connectivity index (χ4v) is 2.55. The van der Waals surface area contributed by atoms with Crippen molar-refractivity contribution in [1.82, 2.24) is 10.2 Å². The Hall–Kier alpha value is -1.39. The zero-order valence-electron chi connectivity index (χ0n) is 11.8. The number of benzene rings is 1. The highest BCUT2D eigenvalue weighted by Gasteiger charge is 2.28. The second kappa shape index (κ2) is 5.31. The molecule has 1 aromatic rings. The van der Waals surface area contributed by atoms with Gasteiger partial charge < -0.3 is 15.3 Å². The van der Waals surface area contributed by atoms with E-state index in [-0.39, 0.29) is 11.9 Å². The van der Waals surface area contributed by atoms with Crippen molar-refractivity contribution in [1.29, 1.82) is 0 Å². The zero-order valence-corrected chi connectivity index (χ0v) is 11.8. The Morgan fingerprint density at radius 3 is 2.68 bits per heavy atom. The number of fused-ring (bicyclic) bond motifs is 1. The predicted molar refractivity (Wildman–Crippen MR) is 74.7 cm³/mol. The van der Waals surface area contributed by atoms with E-state index >= 15 is 0 Å². The Morgan fingerprint density at radius 2 is 2.05 bits per heavy atom. The first kappa shape index (κ1) is 14.0. The summed E-state index contributed by atoms with van der Waals surface area (Å²) in [4.78, 5) is 13.9. The Bertz CT molecular complexity index is 465. The lowest BCUT2D eigenvalue weighted by Gasteiger charge is -2.31. The van der Waals surface area contributed by atoms with E-state index in [4.69, 9.17) is 0 Å². The van der Waals surface area contributed by atoms with Gasteiger partial charge >= 0.3 is 0 Å². The molecule has 0 unspecified atom stereocenters. The quantitative estimate of drug-likeness (QED) is 0.852. The highest BCUT2D eigenvalue weighted by Crippen LogP contribution is 2.17. The van der Waals surface area contributed by atoms with Crippen LogP contribution in [0.25, 0.3) is 0 Å². The van der Waals surface area contributed by atoms with Crippen LogP contribution in [0.4, 0.5) is 0 Å². The van der Waals surface area contributed by atoms with Crippen LogP contribution in [0.2, 0.25) is 0 Å².